The minimum Gasteiger partial charge on any atom is -0.472 e. The van der Waals surface area contributed by atoms with Gasteiger partial charge in [0.1, 0.15) is 0 Å². The Kier molecular flexibility index (Phi) is 2.42. The highest BCUT2D eigenvalue weighted by Crippen LogP contribution is 2.22. The number of aliphatic hydroxyl groups is 1. The first-order chi connectivity index (χ1) is 8.34. The molecule has 0 bridgehead atoms. The molecule has 17 heavy (non-hydrogen) atoms. The van der Waals surface area contributed by atoms with Gasteiger partial charge in [-0.3, -0.25) is 0 Å². The fourth-order valence-corrected chi connectivity index (χ4v) is 1.95. The Hall–Kier alpha value is -2.07. The molecule has 0 aliphatic carbocycles. The van der Waals surface area contributed by atoms with Crippen LogP contribution in [0, 0.1) is 0 Å². The average molecular weight is 228 g/mol. The Morgan fingerprint density at radius 2 is 2.29 bits per heavy atom. The Morgan fingerprint density at radius 3 is 3.12 bits per heavy atom. The molecule has 0 spiro atoms. The zero-order valence-corrected chi connectivity index (χ0v) is 9.15. The van der Waals surface area contributed by atoms with Crippen LogP contribution in [0.15, 0.2) is 53.6 Å². The van der Waals surface area contributed by atoms with Crippen molar-refractivity contribution in [2.24, 2.45) is 0 Å². The normalized spacial score (nSPS) is 13.0. The molecule has 1 atom stereocenters. The van der Waals surface area contributed by atoms with Crippen molar-refractivity contribution in [1.82, 2.24) is 9.61 Å². The molecule has 0 radical (unpaired) electrons. The van der Waals surface area contributed by atoms with Gasteiger partial charge in [0.2, 0.25) is 0 Å². The van der Waals surface area contributed by atoms with Crippen LogP contribution in [0.1, 0.15) is 17.2 Å². The summed E-state index contributed by atoms with van der Waals surface area (Å²) in [6, 6.07) is 7.65. The lowest BCUT2D eigenvalue weighted by atomic mass is 10.1. The molecule has 3 heterocycles. The number of pyridine rings is 1. The molecule has 4 nitrogen and oxygen atoms in total. The zero-order valence-electron chi connectivity index (χ0n) is 9.15. The molecule has 3 rings (SSSR count). The van der Waals surface area contributed by atoms with Gasteiger partial charge in [-0.05, 0) is 23.8 Å². The fourth-order valence-electron chi connectivity index (χ4n) is 1.95. The number of nitrogens with zero attached hydrogens (tertiary/aromatic N) is 2. The van der Waals surface area contributed by atoms with E-state index < -0.39 is 6.10 Å². The van der Waals surface area contributed by atoms with Crippen molar-refractivity contribution in [3.05, 3.63) is 60.3 Å². The summed E-state index contributed by atoms with van der Waals surface area (Å²) in [5.74, 6) is 0. The highest BCUT2D eigenvalue weighted by atomic mass is 16.3. The maximum Gasteiger partial charge on any atom is 0.0935 e. The largest absolute Gasteiger partial charge is 0.472 e. The Bertz CT molecular complexity index is 613. The summed E-state index contributed by atoms with van der Waals surface area (Å²) in [6.45, 7) is 0. The Morgan fingerprint density at radius 1 is 1.35 bits per heavy atom. The smallest absolute Gasteiger partial charge is 0.0935 e. The zero-order chi connectivity index (χ0) is 11.7. The summed E-state index contributed by atoms with van der Waals surface area (Å²) in [5.41, 5.74) is 2.75. The minimum absolute atomic E-state index is 0.534. The van der Waals surface area contributed by atoms with Crippen molar-refractivity contribution in [1.29, 1.82) is 0 Å². The second-order valence-electron chi connectivity index (χ2n) is 3.98. The lowest BCUT2D eigenvalue weighted by Gasteiger charge is -2.07. The number of aromatic nitrogens is 2. The number of fused-ring (bicyclic) bond motifs is 1. The average Bonchev–Trinajstić information content (AvgIpc) is 2.96. The first kappa shape index (κ1) is 10.1. The third kappa shape index (κ3) is 1.83. The summed E-state index contributed by atoms with van der Waals surface area (Å²) >= 11 is 0. The lowest BCUT2D eigenvalue weighted by molar-refractivity contribution is 0.179. The van der Waals surface area contributed by atoms with E-state index in [-0.39, 0.29) is 0 Å². The van der Waals surface area contributed by atoms with Gasteiger partial charge < -0.3 is 9.52 Å². The van der Waals surface area contributed by atoms with Crippen LogP contribution in [-0.2, 0) is 6.42 Å². The van der Waals surface area contributed by atoms with Crippen molar-refractivity contribution < 1.29 is 9.52 Å². The first-order valence-electron chi connectivity index (χ1n) is 5.46. The summed E-state index contributed by atoms with van der Waals surface area (Å²) in [4.78, 5) is 0. The summed E-state index contributed by atoms with van der Waals surface area (Å²) in [6.07, 6.45) is 6.80. The van der Waals surface area contributed by atoms with Crippen LogP contribution in [-0.4, -0.2) is 14.7 Å². The molecular weight excluding hydrogens is 216 g/mol. The number of hydrogen-bond acceptors (Lipinski definition) is 3. The predicted molar refractivity (Wildman–Crippen MR) is 62.6 cm³/mol. The summed E-state index contributed by atoms with van der Waals surface area (Å²) in [7, 11) is 0. The topological polar surface area (TPSA) is 50.7 Å². The molecule has 86 valence electrons. The van der Waals surface area contributed by atoms with E-state index in [1.54, 1.807) is 23.2 Å². The molecule has 0 aliphatic rings. The third-order valence-electron chi connectivity index (χ3n) is 2.82. The first-order valence-corrected chi connectivity index (χ1v) is 5.46. The summed E-state index contributed by atoms with van der Waals surface area (Å²) in [5, 5.41) is 14.4. The number of hydrogen-bond donors (Lipinski definition) is 1. The molecule has 3 aromatic rings. The van der Waals surface area contributed by atoms with E-state index in [0.29, 0.717) is 6.42 Å². The van der Waals surface area contributed by atoms with Crippen molar-refractivity contribution in [3.8, 4) is 0 Å². The third-order valence-corrected chi connectivity index (χ3v) is 2.82. The SMILES string of the molecule is OC(Cc1ccoc1)c1cnn2ccccc12. The van der Waals surface area contributed by atoms with Crippen molar-refractivity contribution in [3.63, 3.8) is 0 Å². The quantitative estimate of drug-likeness (QED) is 0.747. The van der Waals surface area contributed by atoms with E-state index in [1.807, 2.05) is 30.5 Å². The summed E-state index contributed by atoms with van der Waals surface area (Å²) < 4.78 is 6.75. The van der Waals surface area contributed by atoms with Crippen LogP contribution in [0.3, 0.4) is 0 Å². The standard InChI is InChI=1S/C13H12N2O2/c16-13(7-10-4-6-17-9-10)11-8-14-15-5-2-1-3-12(11)15/h1-6,8-9,13,16H,7H2. The van der Waals surface area contributed by atoms with Crippen LogP contribution in [0.25, 0.3) is 5.52 Å². The fraction of sp³-hybridized carbons (Fsp3) is 0.154. The predicted octanol–water partition coefficient (Wildman–Crippen LogP) is 2.20. The van der Waals surface area contributed by atoms with Gasteiger partial charge in [-0.2, -0.15) is 5.10 Å². The van der Waals surface area contributed by atoms with Gasteiger partial charge in [-0.25, -0.2) is 4.52 Å². The van der Waals surface area contributed by atoms with E-state index in [2.05, 4.69) is 5.10 Å². The van der Waals surface area contributed by atoms with Gasteiger partial charge in [0.05, 0.1) is 30.3 Å². The van der Waals surface area contributed by atoms with E-state index in [9.17, 15) is 5.11 Å². The van der Waals surface area contributed by atoms with Gasteiger partial charge in [0.25, 0.3) is 0 Å². The van der Waals surface area contributed by atoms with Crippen LogP contribution < -0.4 is 0 Å². The highest BCUT2D eigenvalue weighted by molar-refractivity contribution is 5.54. The molecule has 0 aromatic carbocycles. The van der Waals surface area contributed by atoms with Crippen molar-refractivity contribution >= 4 is 5.52 Å². The Labute approximate surface area is 98.1 Å². The van der Waals surface area contributed by atoms with Crippen LogP contribution >= 0.6 is 0 Å². The van der Waals surface area contributed by atoms with Crippen LogP contribution in [0.4, 0.5) is 0 Å². The highest BCUT2D eigenvalue weighted by Gasteiger charge is 2.14. The van der Waals surface area contributed by atoms with Gasteiger partial charge in [-0.15, -0.1) is 0 Å². The molecule has 4 heteroatoms. The molecule has 1 N–H and O–H groups in total. The van der Waals surface area contributed by atoms with Gasteiger partial charge in [0, 0.05) is 18.2 Å². The molecule has 0 aliphatic heterocycles. The van der Waals surface area contributed by atoms with E-state index in [0.717, 1.165) is 16.6 Å². The van der Waals surface area contributed by atoms with E-state index >= 15 is 0 Å². The molecule has 3 aromatic heterocycles. The van der Waals surface area contributed by atoms with Crippen molar-refractivity contribution in [2.75, 3.05) is 0 Å². The number of rotatable bonds is 3. The lowest BCUT2D eigenvalue weighted by Crippen LogP contribution is -2.00. The van der Waals surface area contributed by atoms with E-state index in [4.69, 9.17) is 4.42 Å². The van der Waals surface area contributed by atoms with Crippen LogP contribution in [0.5, 0.6) is 0 Å². The van der Waals surface area contributed by atoms with Gasteiger partial charge >= 0.3 is 0 Å². The van der Waals surface area contributed by atoms with E-state index in [1.165, 1.54) is 0 Å². The monoisotopic (exact) mass is 228 g/mol. The molecule has 0 saturated heterocycles. The molecule has 0 amide bonds. The molecule has 0 saturated carbocycles. The Balaban J connectivity index is 1.93. The maximum absolute atomic E-state index is 10.2. The number of furan rings is 1. The second kappa shape index (κ2) is 4.07. The van der Waals surface area contributed by atoms with Crippen LogP contribution in [0.2, 0.25) is 0 Å². The molecular formula is C13H12N2O2. The van der Waals surface area contributed by atoms with Gasteiger partial charge in [-0.1, -0.05) is 6.07 Å². The van der Waals surface area contributed by atoms with Gasteiger partial charge in [0.15, 0.2) is 0 Å². The number of aliphatic hydroxyl groups excluding tert-OH is 1. The second-order valence-corrected chi connectivity index (χ2v) is 3.98. The van der Waals surface area contributed by atoms with Crippen molar-refractivity contribution in [2.45, 2.75) is 12.5 Å². The minimum atomic E-state index is -0.563. The molecule has 1 unspecified atom stereocenters. The maximum atomic E-state index is 10.2. The molecule has 0 fully saturated rings.